The van der Waals surface area contributed by atoms with Crippen LogP contribution in [0.15, 0.2) is 41.3 Å². The number of ether oxygens (including phenoxy) is 2. The molecule has 2 aliphatic rings. The molecule has 2 fully saturated rings. The summed E-state index contributed by atoms with van der Waals surface area (Å²) < 4.78 is 17.3. The Morgan fingerprint density at radius 3 is 3.08 bits per heavy atom. The van der Waals surface area contributed by atoms with Crippen LogP contribution in [0, 0.1) is 6.92 Å². The van der Waals surface area contributed by atoms with Crippen LogP contribution in [0.25, 0.3) is 0 Å². The Morgan fingerprint density at radius 1 is 1.40 bits per heavy atom. The van der Waals surface area contributed by atoms with Gasteiger partial charge >= 0.3 is 0 Å². The highest BCUT2D eigenvalue weighted by molar-refractivity contribution is 5.95. The summed E-state index contributed by atoms with van der Waals surface area (Å²) in [7, 11) is 0. The van der Waals surface area contributed by atoms with E-state index in [0.29, 0.717) is 31.1 Å². The van der Waals surface area contributed by atoms with Crippen LogP contribution in [0.4, 0.5) is 0 Å². The summed E-state index contributed by atoms with van der Waals surface area (Å²) in [6.07, 6.45) is 6.85. The molecule has 4 rings (SSSR count). The minimum Gasteiger partial charge on any atom is -0.469 e. The molecule has 132 valence electrons. The van der Waals surface area contributed by atoms with Crippen molar-refractivity contribution in [3.8, 4) is 0 Å². The lowest BCUT2D eigenvalue weighted by Gasteiger charge is -2.39. The zero-order valence-electron chi connectivity index (χ0n) is 14.3. The highest BCUT2D eigenvalue weighted by Gasteiger charge is 2.45. The van der Waals surface area contributed by atoms with Crippen molar-refractivity contribution in [3.63, 3.8) is 0 Å². The van der Waals surface area contributed by atoms with E-state index in [4.69, 9.17) is 13.9 Å². The number of hydrogen-bond donors (Lipinski definition) is 0. The second-order valence-electron chi connectivity index (χ2n) is 6.58. The van der Waals surface area contributed by atoms with Gasteiger partial charge in [-0.1, -0.05) is 6.07 Å². The van der Waals surface area contributed by atoms with Gasteiger partial charge in [-0.3, -0.25) is 9.78 Å². The van der Waals surface area contributed by atoms with Crippen molar-refractivity contribution < 1.29 is 18.7 Å². The third kappa shape index (κ3) is 3.19. The van der Waals surface area contributed by atoms with Crippen molar-refractivity contribution >= 4 is 5.91 Å². The Bertz CT molecular complexity index is 730. The van der Waals surface area contributed by atoms with Gasteiger partial charge in [0.15, 0.2) is 0 Å². The van der Waals surface area contributed by atoms with Crippen LogP contribution in [0.5, 0.6) is 0 Å². The van der Waals surface area contributed by atoms with Gasteiger partial charge in [-0.05, 0) is 37.5 Å². The molecule has 2 aromatic rings. The first kappa shape index (κ1) is 16.3. The Balaban J connectivity index is 1.43. The first-order chi connectivity index (χ1) is 12.2. The van der Waals surface area contributed by atoms with Gasteiger partial charge in [-0.25, -0.2) is 0 Å². The maximum atomic E-state index is 12.9. The molecule has 0 unspecified atom stereocenters. The zero-order valence-corrected chi connectivity index (χ0v) is 14.3. The predicted molar refractivity (Wildman–Crippen MR) is 90.1 cm³/mol. The van der Waals surface area contributed by atoms with Crippen LogP contribution in [-0.4, -0.2) is 47.2 Å². The summed E-state index contributed by atoms with van der Waals surface area (Å²) in [5.74, 6) is 0.688. The first-order valence-corrected chi connectivity index (χ1v) is 8.71. The summed E-state index contributed by atoms with van der Waals surface area (Å²) in [5.41, 5.74) is 1.68. The zero-order chi connectivity index (χ0) is 17.2. The Morgan fingerprint density at radius 2 is 2.32 bits per heavy atom. The Hall–Kier alpha value is -2.18. The molecular formula is C19H22N2O4. The number of aromatic nitrogens is 1. The molecule has 0 aromatic carbocycles. The molecule has 6 nitrogen and oxygen atoms in total. The van der Waals surface area contributed by atoms with Crippen molar-refractivity contribution in [2.24, 2.45) is 0 Å². The highest BCUT2D eigenvalue weighted by atomic mass is 16.5. The van der Waals surface area contributed by atoms with Crippen LogP contribution in [0.1, 0.15) is 34.5 Å². The van der Waals surface area contributed by atoms with Gasteiger partial charge in [0.2, 0.25) is 0 Å². The van der Waals surface area contributed by atoms with Crippen molar-refractivity contribution in [1.82, 2.24) is 9.88 Å². The van der Waals surface area contributed by atoms with Gasteiger partial charge in [-0.2, -0.15) is 0 Å². The summed E-state index contributed by atoms with van der Waals surface area (Å²) in [4.78, 5) is 18.9. The molecule has 6 heteroatoms. The fourth-order valence-electron chi connectivity index (χ4n) is 3.79. The smallest absolute Gasteiger partial charge is 0.257 e. The maximum absolute atomic E-state index is 12.9. The van der Waals surface area contributed by atoms with Gasteiger partial charge in [0.1, 0.15) is 11.9 Å². The normalized spacial score (nSPS) is 25.8. The van der Waals surface area contributed by atoms with Crippen molar-refractivity contribution in [2.45, 2.75) is 44.6 Å². The van der Waals surface area contributed by atoms with Crippen LogP contribution < -0.4 is 0 Å². The van der Waals surface area contributed by atoms with E-state index < -0.39 is 0 Å². The molecule has 0 spiro atoms. The summed E-state index contributed by atoms with van der Waals surface area (Å²) in [6, 6.07) is 5.71. The van der Waals surface area contributed by atoms with Crippen LogP contribution >= 0.6 is 0 Å². The second kappa shape index (κ2) is 6.98. The summed E-state index contributed by atoms with van der Waals surface area (Å²) >= 11 is 0. The van der Waals surface area contributed by atoms with E-state index in [1.165, 1.54) is 0 Å². The number of hydrogen-bond acceptors (Lipinski definition) is 5. The molecule has 2 aromatic heterocycles. The van der Waals surface area contributed by atoms with E-state index >= 15 is 0 Å². The molecule has 3 atom stereocenters. The third-order valence-electron chi connectivity index (χ3n) is 5.07. The number of amides is 1. The van der Waals surface area contributed by atoms with E-state index in [-0.39, 0.29) is 24.2 Å². The monoisotopic (exact) mass is 342 g/mol. The molecular weight excluding hydrogens is 320 g/mol. The summed E-state index contributed by atoms with van der Waals surface area (Å²) in [6.45, 7) is 3.48. The lowest BCUT2D eigenvalue weighted by molar-refractivity contribution is -0.108. The van der Waals surface area contributed by atoms with E-state index in [1.807, 2.05) is 30.2 Å². The van der Waals surface area contributed by atoms with Crippen LogP contribution in [0.3, 0.4) is 0 Å². The molecule has 1 aliphatic heterocycles. The van der Waals surface area contributed by atoms with Gasteiger partial charge in [0, 0.05) is 18.9 Å². The number of pyridine rings is 1. The number of fused-ring (bicyclic) bond motifs is 1. The highest BCUT2D eigenvalue weighted by Crippen LogP contribution is 2.33. The molecule has 1 amide bonds. The molecule has 1 aliphatic carbocycles. The van der Waals surface area contributed by atoms with Gasteiger partial charge in [0.05, 0.1) is 37.2 Å². The number of morpholine rings is 1. The van der Waals surface area contributed by atoms with E-state index in [0.717, 1.165) is 18.4 Å². The number of aryl methyl sites for hydroxylation is 1. The van der Waals surface area contributed by atoms with Crippen LogP contribution in [-0.2, 0) is 16.1 Å². The average Bonchev–Trinajstić information content (AvgIpc) is 3.26. The van der Waals surface area contributed by atoms with E-state index in [1.54, 1.807) is 18.5 Å². The fraction of sp³-hybridized carbons (Fsp3) is 0.474. The first-order valence-electron chi connectivity index (χ1n) is 8.71. The molecule has 0 bridgehead atoms. The molecule has 3 heterocycles. The number of furan rings is 1. The maximum Gasteiger partial charge on any atom is 0.257 e. The van der Waals surface area contributed by atoms with Crippen molar-refractivity contribution in [3.05, 3.63) is 53.7 Å². The number of carbonyl (C=O) groups is 1. The number of rotatable bonds is 4. The largest absolute Gasteiger partial charge is 0.469 e. The molecule has 1 saturated carbocycles. The Kier molecular flexibility index (Phi) is 4.55. The topological polar surface area (TPSA) is 64.8 Å². The fourth-order valence-corrected chi connectivity index (χ4v) is 3.79. The van der Waals surface area contributed by atoms with Crippen molar-refractivity contribution in [1.29, 1.82) is 0 Å². The van der Waals surface area contributed by atoms with Crippen molar-refractivity contribution in [2.75, 3.05) is 13.2 Å². The van der Waals surface area contributed by atoms with Gasteiger partial charge in [-0.15, -0.1) is 0 Å². The average molecular weight is 342 g/mol. The molecule has 25 heavy (non-hydrogen) atoms. The molecule has 0 radical (unpaired) electrons. The minimum absolute atomic E-state index is 0.00579. The van der Waals surface area contributed by atoms with Gasteiger partial charge in [0.25, 0.3) is 5.91 Å². The SMILES string of the molecule is Cc1occc1C(=O)N1CCO[C@H]2[C@@H](OCc3cccnc3)CC[C@@H]21. The van der Waals surface area contributed by atoms with E-state index in [9.17, 15) is 4.79 Å². The van der Waals surface area contributed by atoms with Crippen LogP contribution in [0.2, 0.25) is 0 Å². The lowest BCUT2D eigenvalue weighted by Crippen LogP contribution is -2.53. The minimum atomic E-state index is -0.0680. The number of nitrogens with zero attached hydrogens (tertiary/aromatic N) is 2. The molecule has 0 N–H and O–H groups in total. The Labute approximate surface area is 146 Å². The quantitative estimate of drug-likeness (QED) is 0.854. The van der Waals surface area contributed by atoms with Gasteiger partial charge < -0.3 is 18.8 Å². The number of carbonyl (C=O) groups excluding carboxylic acids is 1. The summed E-state index contributed by atoms with van der Waals surface area (Å²) in [5, 5.41) is 0. The standard InChI is InChI=1S/C19H22N2O4/c1-13-15(6-9-23-13)19(22)21-8-10-24-18-16(21)4-5-17(18)25-12-14-3-2-7-20-11-14/h2-3,6-7,9,11,16-18H,4-5,8,10,12H2,1H3/t16-,17-,18+/m0/s1. The lowest BCUT2D eigenvalue weighted by atomic mass is 10.1. The molecule has 1 saturated heterocycles. The predicted octanol–water partition coefficient (Wildman–Crippen LogP) is 2.57. The van der Waals surface area contributed by atoms with E-state index in [2.05, 4.69) is 4.98 Å². The third-order valence-corrected chi connectivity index (χ3v) is 5.07. The second-order valence-corrected chi connectivity index (χ2v) is 6.58.